The number of carbonyl (C=O) groups is 2. The minimum atomic E-state index is -0.461. The summed E-state index contributed by atoms with van der Waals surface area (Å²) in [6, 6.07) is 11.2. The predicted molar refractivity (Wildman–Crippen MR) is 113 cm³/mol. The van der Waals surface area contributed by atoms with Gasteiger partial charge in [0.1, 0.15) is 5.82 Å². The number of Topliss-reactive ketones (excluding diaryl/α,β-unsaturated/α-hetero) is 1. The molecule has 1 aliphatic heterocycles. The van der Waals surface area contributed by atoms with Gasteiger partial charge in [-0.05, 0) is 41.7 Å². The Balaban J connectivity index is 1.94. The summed E-state index contributed by atoms with van der Waals surface area (Å²) >= 11 is 12.6. The molecule has 0 aromatic heterocycles. The van der Waals surface area contributed by atoms with Crippen molar-refractivity contribution in [2.45, 2.75) is 39.0 Å². The van der Waals surface area contributed by atoms with Crippen molar-refractivity contribution >= 4 is 40.6 Å². The molecule has 0 N–H and O–H groups in total. The minimum Gasteiger partial charge on any atom is -0.294 e. The van der Waals surface area contributed by atoms with Crippen LogP contribution in [-0.2, 0) is 9.59 Å². The molecule has 3 nitrogen and oxygen atoms in total. The summed E-state index contributed by atoms with van der Waals surface area (Å²) in [5, 5.41) is 0.741. The lowest BCUT2D eigenvalue weighted by Crippen LogP contribution is -2.43. The zero-order valence-electron chi connectivity index (χ0n) is 16.1. The molecule has 150 valence electrons. The molecule has 0 spiro atoms. The van der Waals surface area contributed by atoms with Gasteiger partial charge in [-0.2, -0.15) is 0 Å². The molecule has 2 aromatic carbocycles. The zero-order chi connectivity index (χ0) is 20.9. The Hall–Kier alpha value is -2.17. The second-order valence-corrected chi connectivity index (χ2v) is 9.20. The highest BCUT2D eigenvalue weighted by atomic mass is 35.5. The normalized spacial score (nSPS) is 21.4. The maximum atomic E-state index is 13.9. The molecule has 2 aromatic rings. The van der Waals surface area contributed by atoms with Crippen LogP contribution >= 0.6 is 23.2 Å². The Labute approximate surface area is 179 Å². The van der Waals surface area contributed by atoms with Crippen molar-refractivity contribution in [2.75, 3.05) is 4.90 Å². The molecule has 1 heterocycles. The van der Waals surface area contributed by atoms with E-state index < -0.39 is 11.7 Å². The number of amides is 1. The van der Waals surface area contributed by atoms with Gasteiger partial charge in [-0.3, -0.25) is 14.5 Å². The first-order valence-electron chi connectivity index (χ1n) is 9.46. The average Bonchev–Trinajstić information content (AvgIpc) is 2.62. The number of hydrogen-bond donors (Lipinski definition) is 0. The van der Waals surface area contributed by atoms with Crippen LogP contribution in [0.3, 0.4) is 0 Å². The number of nitrogens with zero attached hydrogens (tertiary/aromatic N) is 1. The van der Waals surface area contributed by atoms with E-state index in [1.54, 1.807) is 24.3 Å². The van der Waals surface area contributed by atoms with Crippen molar-refractivity contribution in [3.05, 3.63) is 75.2 Å². The van der Waals surface area contributed by atoms with Crippen molar-refractivity contribution < 1.29 is 14.0 Å². The molecule has 0 radical (unpaired) electrons. The van der Waals surface area contributed by atoms with E-state index in [0.717, 1.165) is 0 Å². The zero-order valence-corrected chi connectivity index (χ0v) is 17.6. The van der Waals surface area contributed by atoms with Gasteiger partial charge in [-0.15, -0.1) is 0 Å². The maximum Gasteiger partial charge on any atom is 0.232 e. The van der Waals surface area contributed by atoms with Crippen LogP contribution in [0.15, 0.2) is 53.7 Å². The van der Waals surface area contributed by atoms with Crippen LogP contribution in [-0.4, -0.2) is 11.7 Å². The number of allylic oxidation sites excluding steroid dienone is 2. The number of benzene rings is 2. The fourth-order valence-corrected chi connectivity index (χ4v) is 4.82. The standard InChI is InChI=1S/C23H20Cl2FNO2/c1-23(2)11-18-21(19(28)12-23)16(15-7-4-8-17(24)22(15)25)10-20(29)27(18)14-6-3-5-13(26)9-14/h3-9,16H,10-12H2,1-2H3. The Morgan fingerprint density at radius 3 is 2.52 bits per heavy atom. The van der Waals surface area contributed by atoms with Gasteiger partial charge in [0, 0.05) is 30.0 Å². The van der Waals surface area contributed by atoms with Gasteiger partial charge >= 0.3 is 0 Å². The molecular formula is C23H20Cl2FNO2. The molecule has 0 bridgehead atoms. The summed E-state index contributed by atoms with van der Waals surface area (Å²) in [6.45, 7) is 4.00. The molecule has 0 saturated carbocycles. The van der Waals surface area contributed by atoms with Gasteiger partial charge in [0.15, 0.2) is 5.78 Å². The van der Waals surface area contributed by atoms with E-state index >= 15 is 0 Å². The lowest BCUT2D eigenvalue weighted by molar-refractivity contribution is -0.121. The molecule has 29 heavy (non-hydrogen) atoms. The van der Waals surface area contributed by atoms with Crippen molar-refractivity contribution in [1.82, 2.24) is 0 Å². The fraction of sp³-hybridized carbons (Fsp3) is 0.304. The van der Waals surface area contributed by atoms with Crippen LogP contribution in [0.4, 0.5) is 10.1 Å². The van der Waals surface area contributed by atoms with Gasteiger partial charge in [0.2, 0.25) is 5.91 Å². The molecule has 4 rings (SSSR count). The Kier molecular flexibility index (Phi) is 5.04. The summed E-state index contributed by atoms with van der Waals surface area (Å²) in [5.41, 5.74) is 2.02. The van der Waals surface area contributed by atoms with Crippen LogP contribution in [0, 0.1) is 11.2 Å². The summed E-state index contributed by atoms with van der Waals surface area (Å²) in [5.74, 6) is -1.09. The largest absolute Gasteiger partial charge is 0.294 e. The lowest BCUT2D eigenvalue weighted by atomic mass is 9.69. The smallest absolute Gasteiger partial charge is 0.232 e. The van der Waals surface area contributed by atoms with Crippen LogP contribution in [0.5, 0.6) is 0 Å². The average molecular weight is 432 g/mol. The van der Waals surface area contributed by atoms with Crippen LogP contribution in [0.2, 0.25) is 10.0 Å². The van der Waals surface area contributed by atoms with E-state index in [1.165, 1.54) is 17.0 Å². The van der Waals surface area contributed by atoms with Crippen LogP contribution in [0.25, 0.3) is 0 Å². The number of ketones is 1. The first-order valence-corrected chi connectivity index (χ1v) is 10.2. The second-order valence-electron chi connectivity index (χ2n) is 8.41. The van der Waals surface area contributed by atoms with Crippen molar-refractivity contribution in [2.24, 2.45) is 5.41 Å². The lowest BCUT2D eigenvalue weighted by Gasteiger charge is -2.43. The predicted octanol–water partition coefficient (Wildman–Crippen LogP) is 6.30. The first kappa shape index (κ1) is 20.1. The van der Waals surface area contributed by atoms with Crippen LogP contribution in [0.1, 0.15) is 44.6 Å². The Morgan fingerprint density at radius 1 is 1.07 bits per heavy atom. The Bertz CT molecular complexity index is 1060. The monoisotopic (exact) mass is 431 g/mol. The number of hydrogen-bond acceptors (Lipinski definition) is 2. The third-order valence-electron chi connectivity index (χ3n) is 5.57. The molecule has 1 amide bonds. The maximum absolute atomic E-state index is 13.9. The second kappa shape index (κ2) is 7.26. The third kappa shape index (κ3) is 3.60. The van der Waals surface area contributed by atoms with Crippen molar-refractivity contribution in [3.8, 4) is 0 Å². The number of anilines is 1. The van der Waals surface area contributed by atoms with E-state index in [0.29, 0.717) is 45.4 Å². The number of rotatable bonds is 2. The molecule has 0 fully saturated rings. The molecule has 1 aliphatic carbocycles. The van der Waals surface area contributed by atoms with Gasteiger partial charge in [0.05, 0.1) is 15.7 Å². The van der Waals surface area contributed by atoms with E-state index in [2.05, 4.69) is 0 Å². The summed E-state index contributed by atoms with van der Waals surface area (Å²) in [6.07, 6.45) is 0.984. The highest BCUT2D eigenvalue weighted by molar-refractivity contribution is 6.42. The summed E-state index contributed by atoms with van der Waals surface area (Å²) in [7, 11) is 0. The SMILES string of the molecule is CC1(C)CC(=O)C2=C(C1)N(c1cccc(F)c1)C(=O)CC2c1cccc(Cl)c1Cl. The molecule has 0 saturated heterocycles. The van der Waals surface area contributed by atoms with Crippen molar-refractivity contribution in [3.63, 3.8) is 0 Å². The number of carbonyl (C=O) groups excluding carboxylic acids is 2. The van der Waals surface area contributed by atoms with E-state index in [1.807, 2.05) is 19.9 Å². The van der Waals surface area contributed by atoms with Gasteiger partial charge in [-0.1, -0.05) is 55.2 Å². The fourth-order valence-electron chi connectivity index (χ4n) is 4.39. The molecule has 1 unspecified atom stereocenters. The van der Waals surface area contributed by atoms with Crippen molar-refractivity contribution in [1.29, 1.82) is 0 Å². The highest BCUT2D eigenvalue weighted by Gasteiger charge is 2.44. The van der Waals surface area contributed by atoms with E-state index in [-0.39, 0.29) is 23.5 Å². The van der Waals surface area contributed by atoms with Gasteiger partial charge < -0.3 is 0 Å². The molecular weight excluding hydrogens is 412 g/mol. The topological polar surface area (TPSA) is 37.4 Å². The van der Waals surface area contributed by atoms with Gasteiger partial charge in [0.25, 0.3) is 0 Å². The summed E-state index contributed by atoms with van der Waals surface area (Å²) < 4.78 is 13.9. The van der Waals surface area contributed by atoms with E-state index in [9.17, 15) is 14.0 Å². The minimum absolute atomic E-state index is 0.00815. The number of halogens is 3. The molecule has 1 atom stereocenters. The van der Waals surface area contributed by atoms with Crippen LogP contribution < -0.4 is 4.90 Å². The van der Waals surface area contributed by atoms with Gasteiger partial charge in [-0.25, -0.2) is 4.39 Å². The van der Waals surface area contributed by atoms with E-state index in [4.69, 9.17) is 23.2 Å². The highest BCUT2D eigenvalue weighted by Crippen LogP contribution is 2.49. The summed E-state index contributed by atoms with van der Waals surface area (Å²) in [4.78, 5) is 28.0. The first-order chi connectivity index (χ1) is 13.7. The quantitative estimate of drug-likeness (QED) is 0.559. The molecule has 6 heteroatoms. The Morgan fingerprint density at radius 2 is 1.79 bits per heavy atom. The third-order valence-corrected chi connectivity index (χ3v) is 6.40. The molecule has 2 aliphatic rings.